The summed E-state index contributed by atoms with van der Waals surface area (Å²) in [7, 11) is 0. The van der Waals surface area contributed by atoms with Gasteiger partial charge in [0.2, 0.25) is 0 Å². The smallest absolute Gasteiger partial charge is 0.0619 e. The van der Waals surface area contributed by atoms with Gasteiger partial charge in [0.25, 0.3) is 0 Å². The van der Waals surface area contributed by atoms with E-state index in [2.05, 4.69) is 24.1 Å². The molecule has 1 fully saturated rings. The van der Waals surface area contributed by atoms with Crippen molar-refractivity contribution in [1.82, 2.24) is 10.2 Å². The number of aliphatic hydroxyl groups is 1. The Morgan fingerprint density at radius 2 is 2.38 bits per heavy atom. The summed E-state index contributed by atoms with van der Waals surface area (Å²) >= 11 is 0. The van der Waals surface area contributed by atoms with Crippen molar-refractivity contribution in [2.24, 2.45) is 0 Å². The van der Waals surface area contributed by atoms with Gasteiger partial charge in [0.1, 0.15) is 0 Å². The molecular formula is C12H26N2O2. The molecule has 1 saturated heterocycles. The summed E-state index contributed by atoms with van der Waals surface area (Å²) < 4.78 is 5.40. The molecule has 0 amide bonds. The van der Waals surface area contributed by atoms with E-state index in [-0.39, 0.29) is 0 Å². The van der Waals surface area contributed by atoms with Gasteiger partial charge in [-0.05, 0) is 26.7 Å². The highest BCUT2D eigenvalue weighted by Gasteiger charge is 2.17. The number of aliphatic hydroxyl groups excluding tert-OH is 1. The van der Waals surface area contributed by atoms with E-state index in [0.717, 1.165) is 45.7 Å². The van der Waals surface area contributed by atoms with Crippen LogP contribution in [0.2, 0.25) is 0 Å². The zero-order chi connectivity index (χ0) is 11.8. The van der Waals surface area contributed by atoms with Crippen LogP contribution in [0.4, 0.5) is 0 Å². The third-order valence-corrected chi connectivity index (χ3v) is 3.19. The van der Waals surface area contributed by atoms with Crippen molar-refractivity contribution in [1.29, 1.82) is 0 Å². The molecule has 0 aromatic heterocycles. The summed E-state index contributed by atoms with van der Waals surface area (Å²) in [5, 5.41) is 12.2. The topological polar surface area (TPSA) is 44.7 Å². The Bertz CT molecular complexity index is 178. The van der Waals surface area contributed by atoms with Crippen LogP contribution < -0.4 is 5.32 Å². The largest absolute Gasteiger partial charge is 0.396 e. The number of rotatable bonds is 7. The predicted molar refractivity (Wildman–Crippen MR) is 65.6 cm³/mol. The van der Waals surface area contributed by atoms with Gasteiger partial charge < -0.3 is 15.2 Å². The van der Waals surface area contributed by atoms with E-state index in [4.69, 9.17) is 9.84 Å². The maximum Gasteiger partial charge on any atom is 0.0619 e. The van der Waals surface area contributed by atoms with Gasteiger partial charge in [-0.3, -0.25) is 4.90 Å². The van der Waals surface area contributed by atoms with Gasteiger partial charge in [0, 0.05) is 38.3 Å². The number of hydrogen-bond acceptors (Lipinski definition) is 4. The molecule has 1 rings (SSSR count). The summed E-state index contributed by atoms with van der Waals surface area (Å²) in [5.41, 5.74) is 0. The van der Waals surface area contributed by atoms with E-state index in [1.165, 1.54) is 0 Å². The molecule has 0 saturated carbocycles. The molecule has 0 aromatic carbocycles. The predicted octanol–water partition coefficient (Wildman–Crippen LogP) is 0.458. The standard InChI is InChI=1S/C12H26N2O2/c1-11(4-3-8-15)13-5-6-14-7-9-16-10-12(14)2/h11-13,15H,3-10H2,1-2H3. The highest BCUT2D eigenvalue weighted by atomic mass is 16.5. The Kier molecular flexibility index (Phi) is 6.96. The van der Waals surface area contributed by atoms with Crippen LogP contribution in [-0.4, -0.2) is 61.5 Å². The van der Waals surface area contributed by atoms with Crippen LogP contribution in [0.25, 0.3) is 0 Å². The van der Waals surface area contributed by atoms with Crippen molar-refractivity contribution in [3.05, 3.63) is 0 Å². The minimum atomic E-state index is 0.298. The average molecular weight is 230 g/mol. The Balaban J connectivity index is 2.05. The van der Waals surface area contributed by atoms with Crippen LogP contribution in [0, 0.1) is 0 Å². The molecule has 1 aliphatic rings. The molecule has 1 heterocycles. The van der Waals surface area contributed by atoms with E-state index < -0.39 is 0 Å². The maximum absolute atomic E-state index is 8.73. The SMILES string of the molecule is CC(CCCO)NCCN1CCOCC1C. The van der Waals surface area contributed by atoms with Crippen molar-refractivity contribution < 1.29 is 9.84 Å². The van der Waals surface area contributed by atoms with E-state index in [9.17, 15) is 0 Å². The molecule has 2 N–H and O–H groups in total. The Morgan fingerprint density at radius 1 is 1.56 bits per heavy atom. The summed E-state index contributed by atoms with van der Waals surface area (Å²) in [6.07, 6.45) is 1.94. The molecule has 0 spiro atoms. The van der Waals surface area contributed by atoms with E-state index in [0.29, 0.717) is 18.7 Å². The molecule has 1 aliphatic heterocycles. The van der Waals surface area contributed by atoms with Crippen LogP contribution in [-0.2, 0) is 4.74 Å². The summed E-state index contributed by atoms with van der Waals surface area (Å²) in [6.45, 7) is 9.59. The van der Waals surface area contributed by atoms with Crippen LogP contribution in [0.15, 0.2) is 0 Å². The summed E-state index contributed by atoms with van der Waals surface area (Å²) in [6, 6.07) is 1.05. The van der Waals surface area contributed by atoms with Gasteiger partial charge in [0.05, 0.1) is 13.2 Å². The lowest BCUT2D eigenvalue weighted by molar-refractivity contribution is 0.000178. The first-order chi connectivity index (χ1) is 7.74. The third kappa shape index (κ3) is 5.25. The molecule has 4 heteroatoms. The van der Waals surface area contributed by atoms with E-state index in [1.807, 2.05) is 0 Å². The molecular weight excluding hydrogens is 204 g/mol. The first-order valence-corrected chi connectivity index (χ1v) is 6.40. The molecule has 0 radical (unpaired) electrons. The van der Waals surface area contributed by atoms with E-state index >= 15 is 0 Å². The molecule has 4 nitrogen and oxygen atoms in total. The van der Waals surface area contributed by atoms with Gasteiger partial charge in [0.15, 0.2) is 0 Å². The number of nitrogens with one attached hydrogen (secondary N) is 1. The Morgan fingerprint density at radius 3 is 3.06 bits per heavy atom. The second-order valence-electron chi connectivity index (χ2n) is 4.68. The van der Waals surface area contributed by atoms with Crippen LogP contribution in [0.5, 0.6) is 0 Å². The maximum atomic E-state index is 8.73. The quantitative estimate of drug-likeness (QED) is 0.667. The summed E-state index contributed by atoms with van der Waals surface area (Å²) in [5.74, 6) is 0. The molecule has 16 heavy (non-hydrogen) atoms. The summed E-state index contributed by atoms with van der Waals surface area (Å²) in [4.78, 5) is 2.47. The fourth-order valence-electron chi connectivity index (χ4n) is 2.05. The van der Waals surface area contributed by atoms with Crippen LogP contribution in [0.1, 0.15) is 26.7 Å². The van der Waals surface area contributed by atoms with Crippen molar-refractivity contribution in [2.75, 3.05) is 39.5 Å². The first kappa shape index (κ1) is 13.9. The number of morpholine rings is 1. The minimum Gasteiger partial charge on any atom is -0.396 e. The zero-order valence-electron chi connectivity index (χ0n) is 10.6. The number of nitrogens with zero attached hydrogens (tertiary/aromatic N) is 1. The monoisotopic (exact) mass is 230 g/mol. The second kappa shape index (κ2) is 8.01. The lowest BCUT2D eigenvalue weighted by atomic mass is 10.2. The Labute approximate surface area is 99.0 Å². The van der Waals surface area contributed by atoms with E-state index in [1.54, 1.807) is 0 Å². The highest BCUT2D eigenvalue weighted by molar-refractivity contribution is 4.72. The molecule has 0 aliphatic carbocycles. The average Bonchev–Trinajstić information content (AvgIpc) is 2.29. The van der Waals surface area contributed by atoms with Crippen molar-refractivity contribution in [3.63, 3.8) is 0 Å². The molecule has 0 bridgehead atoms. The van der Waals surface area contributed by atoms with Gasteiger partial charge in [-0.2, -0.15) is 0 Å². The van der Waals surface area contributed by atoms with Crippen LogP contribution >= 0.6 is 0 Å². The normalized spacial score (nSPS) is 24.6. The molecule has 2 unspecified atom stereocenters. The van der Waals surface area contributed by atoms with Crippen molar-refractivity contribution in [3.8, 4) is 0 Å². The Hall–Kier alpha value is -0.160. The fraction of sp³-hybridized carbons (Fsp3) is 1.00. The van der Waals surface area contributed by atoms with Crippen molar-refractivity contribution >= 4 is 0 Å². The first-order valence-electron chi connectivity index (χ1n) is 6.40. The minimum absolute atomic E-state index is 0.298. The van der Waals surface area contributed by atoms with Gasteiger partial charge in [-0.1, -0.05) is 0 Å². The molecule has 0 aromatic rings. The van der Waals surface area contributed by atoms with Crippen molar-refractivity contribution in [2.45, 2.75) is 38.8 Å². The fourth-order valence-corrected chi connectivity index (χ4v) is 2.05. The lowest BCUT2D eigenvalue weighted by Crippen LogP contribution is -2.47. The third-order valence-electron chi connectivity index (χ3n) is 3.19. The second-order valence-corrected chi connectivity index (χ2v) is 4.68. The van der Waals surface area contributed by atoms with Gasteiger partial charge >= 0.3 is 0 Å². The number of hydrogen-bond donors (Lipinski definition) is 2. The van der Waals surface area contributed by atoms with Gasteiger partial charge in [-0.25, -0.2) is 0 Å². The molecule has 96 valence electrons. The lowest BCUT2D eigenvalue weighted by Gasteiger charge is -2.33. The highest BCUT2D eigenvalue weighted by Crippen LogP contribution is 2.04. The molecule has 2 atom stereocenters. The number of ether oxygens (including phenoxy) is 1. The van der Waals surface area contributed by atoms with Gasteiger partial charge in [-0.15, -0.1) is 0 Å². The van der Waals surface area contributed by atoms with Crippen LogP contribution in [0.3, 0.4) is 0 Å². The zero-order valence-corrected chi connectivity index (χ0v) is 10.6.